The number of ether oxygens (including phenoxy) is 2. The predicted molar refractivity (Wildman–Crippen MR) is 153 cm³/mol. The molecule has 2 amide bonds. The number of nitrogens with two attached hydrogens (primary N) is 1. The van der Waals surface area contributed by atoms with Crippen molar-refractivity contribution >= 4 is 40.3 Å². The third-order valence-electron chi connectivity index (χ3n) is 7.18. The van der Waals surface area contributed by atoms with Crippen molar-refractivity contribution in [3.8, 4) is 0 Å². The van der Waals surface area contributed by atoms with E-state index < -0.39 is 12.0 Å². The summed E-state index contributed by atoms with van der Waals surface area (Å²) in [6.45, 7) is 6.66. The van der Waals surface area contributed by atoms with Crippen LogP contribution in [0.3, 0.4) is 0 Å². The number of aliphatic imine (C=N–C) groups is 1. The summed E-state index contributed by atoms with van der Waals surface area (Å²) < 4.78 is 10.7. The van der Waals surface area contributed by atoms with Crippen LogP contribution >= 0.6 is 0 Å². The van der Waals surface area contributed by atoms with Crippen LogP contribution in [0.2, 0.25) is 0 Å². The standard InChI is InChI=1S/C30H33N5O5/c1-2-39-27(36)20-34-16-14-33(15-17-34)18-24-19-35(30(38)40-24)23-12-10-22(11-13-23)28(31)32-29(37)26-9-5-7-21-6-3-4-8-25(21)26/h3-13,24H,2,14-20H2,1H3,(H2,31,32,37). The Labute approximate surface area is 232 Å². The van der Waals surface area contributed by atoms with Crippen LogP contribution in [-0.2, 0) is 14.3 Å². The third kappa shape index (κ3) is 6.30. The maximum atomic E-state index is 12.9. The topological polar surface area (TPSA) is 118 Å². The zero-order valence-corrected chi connectivity index (χ0v) is 22.5. The molecule has 3 aromatic rings. The maximum Gasteiger partial charge on any atom is 0.414 e. The van der Waals surface area contributed by atoms with Gasteiger partial charge in [-0.2, -0.15) is 4.99 Å². The van der Waals surface area contributed by atoms with Gasteiger partial charge in [0.25, 0.3) is 5.91 Å². The van der Waals surface area contributed by atoms with Crippen molar-refractivity contribution in [2.45, 2.75) is 13.0 Å². The van der Waals surface area contributed by atoms with Crippen LogP contribution in [0.25, 0.3) is 10.8 Å². The van der Waals surface area contributed by atoms with E-state index in [0.29, 0.717) is 43.1 Å². The van der Waals surface area contributed by atoms with E-state index in [4.69, 9.17) is 15.2 Å². The Morgan fingerprint density at radius 1 is 0.975 bits per heavy atom. The monoisotopic (exact) mass is 543 g/mol. The molecule has 2 aliphatic heterocycles. The van der Waals surface area contributed by atoms with Gasteiger partial charge in [-0.3, -0.25) is 24.3 Å². The predicted octanol–water partition coefficient (Wildman–Crippen LogP) is 2.89. The molecule has 0 aliphatic carbocycles. The second kappa shape index (κ2) is 12.3. The Kier molecular flexibility index (Phi) is 8.37. The first-order valence-corrected chi connectivity index (χ1v) is 13.5. The van der Waals surface area contributed by atoms with Gasteiger partial charge in [-0.1, -0.05) is 36.4 Å². The largest absolute Gasteiger partial charge is 0.465 e. The van der Waals surface area contributed by atoms with Gasteiger partial charge in [0.1, 0.15) is 11.9 Å². The number of hydrogen-bond acceptors (Lipinski definition) is 7. The van der Waals surface area contributed by atoms with Gasteiger partial charge in [0.05, 0.1) is 19.7 Å². The summed E-state index contributed by atoms with van der Waals surface area (Å²) in [4.78, 5) is 47.3. The summed E-state index contributed by atoms with van der Waals surface area (Å²) in [6.07, 6.45) is -0.653. The number of hydrogen-bond donors (Lipinski definition) is 1. The second-order valence-electron chi connectivity index (χ2n) is 9.87. The van der Waals surface area contributed by atoms with Crippen molar-refractivity contribution in [3.05, 3.63) is 77.9 Å². The molecule has 0 radical (unpaired) electrons. The van der Waals surface area contributed by atoms with Crippen LogP contribution < -0.4 is 10.6 Å². The Morgan fingerprint density at radius 2 is 1.68 bits per heavy atom. The fourth-order valence-corrected chi connectivity index (χ4v) is 5.09. The van der Waals surface area contributed by atoms with Crippen molar-refractivity contribution in [2.75, 3.05) is 57.3 Å². The average molecular weight is 544 g/mol. The molecule has 2 heterocycles. The molecule has 10 nitrogen and oxygen atoms in total. The number of piperazine rings is 1. The number of nitrogens with zero attached hydrogens (tertiary/aromatic N) is 4. The first kappa shape index (κ1) is 27.3. The summed E-state index contributed by atoms with van der Waals surface area (Å²) in [5.74, 6) is -0.508. The minimum Gasteiger partial charge on any atom is -0.465 e. The van der Waals surface area contributed by atoms with E-state index in [-0.39, 0.29) is 17.9 Å². The summed E-state index contributed by atoms with van der Waals surface area (Å²) in [7, 11) is 0. The molecular weight excluding hydrogens is 510 g/mol. The molecule has 2 saturated heterocycles. The number of amides is 2. The molecule has 2 fully saturated rings. The summed E-state index contributed by atoms with van der Waals surface area (Å²) in [5, 5.41) is 1.78. The van der Waals surface area contributed by atoms with E-state index in [1.54, 1.807) is 42.2 Å². The van der Waals surface area contributed by atoms with Crippen LogP contribution in [0.4, 0.5) is 10.5 Å². The molecular formula is C30H33N5O5. The SMILES string of the molecule is CCOC(=O)CN1CCN(CC2CN(c3ccc(C(N)=NC(=O)c4cccc5ccccc45)cc3)C(=O)O2)CC1. The van der Waals surface area contributed by atoms with E-state index in [1.807, 2.05) is 36.4 Å². The van der Waals surface area contributed by atoms with E-state index >= 15 is 0 Å². The van der Waals surface area contributed by atoms with Gasteiger partial charge >= 0.3 is 12.1 Å². The maximum absolute atomic E-state index is 12.9. The molecule has 40 heavy (non-hydrogen) atoms. The van der Waals surface area contributed by atoms with Crippen molar-refractivity contribution < 1.29 is 23.9 Å². The quantitative estimate of drug-likeness (QED) is 0.262. The first-order valence-electron chi connectivity index (χ1n) is 13.5. The van der Waals surface area contributed by atoms with Crippen molar-refractivity contribution in [3.63, 3.8) is 0 Å². The van der Waals surface area contributed by atoms with E-state index in [9.17, 15) is 14.4 Å². The van der Waals surface area contributed by atoms with Crippen molar-refractivity contribution in [1.29, 1.82) is 0 Å². The zero-order valence-electron chi connectivity index (χ0n) is 22.5. The number of carbonyl (C=O) groups excluding carboxylic acids is 3. The number of anilines is 1. The fraction of sp³-hybridized carbons (Fsp3) is 0.333. The van der Waals surface area contributed by atoms with E-state index in [0.717, 1.165) is 37.0 Å². The Morgan fingerprint density at radius 3 is 2.42 bits per heavy atom. The van der Waals surface area contributed by atoms with Crippen LogP contribution in [0, 0.1) is 0 Å². The molecule has 2 N–H and O–H groups in total. The smallest absolute Gasteiger partial charge is 0.414 e. The number of rotatable bonds is 8. The molecule has 3 aromatic carbocycles. The fourth-order valence-electron chi connectivity index (χ4n) is 5.09. The molecule has 0 saturated carbocycles. The molecule has 208 valence electrons. The zero-order chi connectivity index (χ0) is 28.1. The summed E-state index contributed by atoms with van der Waals surface area (Å²) >= 11 is 0. The number of cyclic esters (lactones) is 1. The molecule has 1 unspecified atom stereocenters. The minimum atomic E-state index is -0.411. The van der Waals surface area contributed by atoms with Crippen LogP contribution in [0.15, 0.2) is 71.7 Å². The average Bonchev–Trinajstić information content (AvgIpc) is 3.33. The first-order chi connectivity index (χ1) is 19.4. The number of esters is 1. The highest BCUT2D eigenvalue weighted by Gasteiger charge is 2.34. The van der Waals surface area contributed by atoms with Crippen molar-refractivity contribution in [2.24, 2.45) is 10.7 Å². The molecule has 1 atom stereocenters. The molecule has 0 aromatic heterocycles. The van der Waals surface area contributed by atoms with Crippen LogP contribution in [0.1, 0.15) is 22.8 Å². The number of amidine groups is 1. The third-order valence-corrected chi connectivity index (χ3v) is 7.18. The highest BCUT2D eigenvalue weighted by molar-refractivity contribution is 6.13. The van der Waals surface area contributed by atoms with Gasteiger partial charge in [0.2, 0.25) is 0 Å². The normalized spacial score (nSPS) is 18.6. The van der Waals surface area contributed by atoms with Gasteiger partial charge in [0.15, 0.2) is 0 Å². The second-order valence-corrected chi connectivity index (χ2v) is 9.87. The van der Waals surface area contributed by atoms with Gasteiger partial charge in [-0.15, -0.1) is 0 Å². The number of benzene rings is 3. The molecule has 0 bridgehead atoms. The van der Waals surface area contributed by atoms with Crippen LogP contribution in [0.5, 0.6) is 0 Å². The Hall–Kier alpha value is -4.28. The minimum absolute atomic E-state index is 0.105. The molecule has 2 aliphatic rings. The Balaban J connectivity index is 1.16. The van der Waals surface area contributed by atoms with Gasteiger partial charge in [-0.05, 0) is 48.0 Å². The molecule has 5 rings (SSSR count). The lowest BCUT2D eigenvalue weighted by Gasteiger charge is -2.34. The van der Waals surface area contributed by atoms with Gasteiger partial charge in [-0.25, -0.2) is 4.79 Å². The van der Waals surface area contributed by atoms with Gasteiger partial charge < -0.3 is 15.2 Å². The number of carbonyl (C=O) groups is 3. The number of fused-ring (bicyclic) bond motifs is 1. The van der Waals surface area contributed by atoms with E-state index in [1.165, 1.54) is 0 Å². The summed E-state index contributed by atoms with van der Waals surface area (Å²) in [5.41, 5.74) is 7.93. The lowest BCUT2D eigenvalue weighted by Crippen LogP contribution is -2.50. The Bertz CT molecular complexity index is 1410. The van der Waals surface area contributed by atoms with Crippen molar-refractivity contribution in [1.82, 2.24) is 9.80 Å². The molecule has 0 spiro atoms. The molecule has 10 heteroatoms. The van der Waals surface area contributed by atoms with Crippen LogP contribution in [-0.4, -0.2) is 92.1 Å². The highest BCUT2D eigenvalue weighted by Crippen LogP contribution is 2.24. The lowest BCUT2D eigenvalue weighted by molar-refractivity contribution is -0.144. The highest BCUT2D eigenvalue weighted by atomic mass is 16.6. The van der Waals surface area contributed by atoms with Gasteiger partial charge in [0, 0.05) is 49.5 Å². The van der Waals surface area contributed by atoms with E-state index in [2.05, 4.69) is 14.8 Å². The lowest BCUT2D eigenvalue weighted by atomic mass is 10.0. The summed E-state index contributed by atoms with van der Waals surface area (Å²) in [6, 6.07) is 20.2.